The molecule has 0 aromatic heterocycles. The highest BCUT2D eigenvalue weighted by Gasteiger charge is 2.46. The fourth-order valence-corrected chi connectivity index (χ4v) is 3.67. The minimum Gasteiger partial charge on any atom is -0.507 e. The van der Waals surface area contributed by atoms with Gasteiger partial charge in [0.05, 0.1) is 11.6 Å². The summed E-state index contributed by atoms with van der Waals surface area (Å²) in [6.07, 6.45) is 0.565. The molecule has 7 nitrogen and oxygen atoms in total. The first-order chi connectivity index (χ1) is 14.1. The van der Waals surface area contributed by atoms with E-state index < -0.39 is 17.7 Å². The van der Waals surface area contributed by atoms with Gasteiger partial charge in [-0.1, -0.05) is 36.4 Å². The number of hydrogen-bond donors (Lipinski definition) is 1. The predicted octanol–water partition coefficient (Wildman–Crippen LogP) is 2.87. The van der Waals surface area contributed by atoms with Crippen LogP contribution in [0.15, 0.2) is 54.1 Å². The van der Waals surface area contributed by atoms with Crippen LogP contribution in [0.4, 0.5) is 0 Å². The zero-order chi connectivity index (χ0) is 20.4. The number of carbonyl (C=O) groups excluding carboxylic acids is 2. The SMILES string of the molecule is COCCCN1C(=O)C(=O)C(=C(O)c2ccccc2)[C@H]1c1ccc2c(c1)OCO2. The fraction of sp³-hybridized carbons (Fsp3) is 0.273. The predicted molar refractivity (Wildman–Crippen MR) is 105 cm³/mol. The van der Waals surface area contributed by atoms with Gasteiger partial charge in [-0.25, -0.2) is 0 Å². The van der Waals surface area contributed by atoms with E-state index in [0.717, 1.165) is 0 Å². The molecule has 1 saturated heterocycles. The van der Waals surface area contributed by atoms with Crippen molar-refractivity contribution in [1.82, 2.24) is 4.90 Å². The van der Waals surface area contributed by atoms with Crippen LogP contribution in [0.3, 0.4) is 0 Å². The van der Waals surface area contributed by atoms with Crippen molar-refractivity contribution in [3.05, 3.63) is 65.2 Å². The molecule has 0 saturated carbocycles. The number of methoxy groups -OCH3 is 1. The second-order valence-corrected chi connectivity index (χ2v) is 6.82. The number of aliphatic hydroxyl groups excluding tert-OH is 1. The van der Waals surface area contributed by atoms with Crippen LogP contribution < -0.4 is 9.47 Å². The van der Waals surface area contributed by atoms with Gasteiger partial charge in [-0.05, 0) is 24.1 Å². The van der Waals surface area contributed by atoms with E-state index in [1.807, 2.05) is 6.07 Å². The van der Waals surface area contributed by atoms with Crippen molar-refractivity contribution in [3.8, 4) is 11.5 Å². The Hall–Kier alpha value is -3.32. The average molecular weight is 395 g/mol. The molecule has 2 aliphatic heterocycles. The van der Waals surface area contributed by atoms with Crippen molar-refractivity contribution in [1.29, 1.82) is 0 Å². The summed E-state index contributed by atoms with van der Waals surface area (Å²) in [6, 6.07) is 13.3. The van der Waals surface area contributed by atoms with E-state index in [1.54, 1.807) is 49.6 Å². The number of fused-ring (bicyclic) bond motifs is 1. The van der Waals surface area contributed by atoms with Crippen LogP contribution >= 0.6 is 0 Å². The second kappa shape index (κ2) is 7.97. The molecule has 7 heteroatoms. The first-order valence-corrected chi connectivity index (χ1v) is 9.34. The Balaban J connectivity index is 1.81. The van der Waals surface area contributed by atoms with E-state index in [-0.39, 0.29) is 18.1 Å². The Morgan fingerprint density at radius 3 is 2.66 bits per heavy atom. The van der Waals surface area contributed by atoms with Crippen molar-refractivity contribution < 1.29 is 28.9 Å². The summed E-state index contributed by atoms with van der Waals surface area (Å²) in [4.78, 5) is 27.2. The van der Waals surface area contributed by atoms with Crippen LogP contribution in [0.25, 0.3) is 5.76 Å². The number of benzene rings is 2. The van der Waals surface area contributed by atoms with Crippen molar-refractivity contribution in [2.45, 2.75) is 12.5 Å². The van der Waals surface area contributed by atoms with Gasteiger partial charge in [0.25, 0.3) is 11.7 Å². The smallest absolute Gasteiger partial charge is 0.295 e. The van der Waals surface area contributed by atoms with Crippen LogP contribution in [0.2, 0.25) is 0 Å². The van der Waals surface area contributed by atoms with Gasteiger partial charge in [0.1, 0.15) is 5.76 Å². The summed E-state index contributed by atoms with van der Waals surface area (Å²) in [5.41, 5.74) is 1.22. The standard InChI is InChI=1S/C22H21NO6/c1-27-11-5-10-23-19(15-8-9-16-17(12-15)29-13-28-16)18(21(25)22(23)26)20(24)14-6-3-2-4-7-14/h2-4,6-9,12,19,24H,5,10-11,13H2,1H3/t19-/m1/s1. The van der Waals surface area contributed by atoms with Gasteiger partial charge in [0.2, 0.25) is 6.79 Å². The van der Waals surface area contributed by atoms with Crippen LogP contribution in [-0.4, -0.2) is 48.8 Å². The topological polar surface area (TPSA) is 85.3 Å². The number of rotatable bonds is 6. The molecule has 0 bridgehead atoms. The molecule has 2 heterocycles. The number of ether oxygens (including phenoxy) is 3. The number of ketones is 1. The minimum absolute atomic E-state index is 0.0671. The molecule has 2 aliphatic rings. The normalized spacial score (nSPS) is 19.8. The van der Waals surface area contributed by atoms with Crippen LogP contribution in [0, 0.1) is 0 Å². The van der Waals surface area contributed by atoms with Crippen LogP contribution in [-0.2, 0) is 14.3 Å². The van der Waals surface area contributed by atoms with Crippen molar-refractivity contribution in [2.75, 3.05) is 27.1 Å². The maximum atomic E-state index is 12.9. The van der Waals surface area contributed by atoms with Gasteiger partial charge in [-0.3, -0.25) is 9.59 Å². The largest absolute Gasteiger partial charge is 0.507 e. The molecule has 0 aliphatic carbocycles. The van der Waals surface area contributed by atoms with Gasteiger partial charge < -0.3 is 24.2 Å². The number of hydrogen-bond acceptors (Lipinski definition) is 6. The van der Waals surface area contributed by atoms with Crippen LogP contribution in [0.1, 0.15) is 23.6 Å². The summed E-state index contributed by atoms with van der Waals surface area (Å²) in [5.74, 6) is -0.383. The molecule has 1 fully saturated rings. The lowest BCUT2D eigenvalue weighted by molar-refractivity contribution is -0.140. The zero-order valence-electron chi connectivity index (χ0n) is 16.0. The monoisotopic (exact) mass is 395 g/mol. The second-order valence-electron chi connectivity index (χ2n) is 6.82. The number of aliphatic hydroxyl groups is 1. The molecular weight excluding hydrogens is 374 g/mol. The molecule has 1 amide bonds. The molecule has 0 radical (unpaired) electrons. The van der Waals surface area contributed by atoms with Crippen molar-refractivity contribution in [2.24, 2.45) is 0 Å². The van der Waals surface area contributed by atoms with Gasteiger partial charge in [0, 0.05) is 25.8 Å². The Labute approximate surface area is 168 Å². The molecule has 4 rings (SSSR count). The third-order valence-corrected chi connectivity index (χ3v) is 5.05. The van der Waals surface area contributed by atoms with Gasteiger partial charge >= 0.3 is 0 Å². The summed E-state index contributed by atoms with van der Waals surface area (Å²) < 4.78 is 15.9. The van der Waals surface area contributed by atoms with E-state index in [4.69, 9.17) is 14.2 Å². The lowest BCUT2D eigenvalue weighted by Gasteiger charge is -2.25. The highest BCUT2D eigenvalue weighted by Crippen LogP contribution is 2.42. The van der Waals surface area contributed by atoms with E-state index in [2.05, 4.69) is 0 Å². The summed E-state index contributed by atoms with van der Waals surface area (Å²) >= 11 is 0. The number of carbonyl (C=O) groups is 2. The third-order valence-electron chi connectivity index (χ3n) is 5.05. The third kappa shape index (κ3) is 3.45. The van der Waals surface area contributed by atoms with E-state index >= 15 is 0 Å². The summed E-state index contributed by atoms with van der Waals surface area (Å²) in [5, 5.41) is 10.9. The fourth-order valence-electron chi connectivity index (χ4n) is 3.67. The summed E-state index contributed by atoms with van der Waals surface area (Å²) in [6.45, 7) is 0.898. The van der Waals surface area contributed by atoms with E-state index in [9.17, 15) is 14.7 Å². The lowest BCUT2D eigenvalue weighted by atomic mass is 9.95. The maximum Gasteiger partial charge on any atom is 0.295 e. The molecule has 0 unspecified atom stereocenters. The Bertz CT molecular complexity index is 969. The Morgan fingerprint density at radius 1 is 1.14 bits per heavy atom. The molecule has 0 spiro atoms. The maximum absolute atomic E-state index is 12.9. The minimum atomic E-state index is -0.721. The Kier molecular flexibility index (Phi) is 5.22. The number of likely N-dealkylation sites (tertiary alicyclic amines) is 1. The van der Waals surface area contributed by atoms with E-state index in [0.29, 0.717) is 42.2 Å². The molecule has 150 valence electrons. The highest BCUT2D eigenvalue weighted by molar-refractivity contribution is 6.46. The van der Waals surface area contributed by atoms with Crippen molar-refractivity contribution in [3.63, 3.8) is 0 Å². The molecule has 2 aromatic carbocycles. The Morgan fingerprint density at radius 2 is 1.90 bits per heavy atom. The lowest BCUT2D eigenvalue weighted by Crippen LogP contribution is -2.31. The molecule has 29 heavy (non-hydrogen) atoms. The number of nitrogens with zero attached hydrogens (tertiary/aromatic N) is 1. The molecule has 1 N–H and O–H groups in total. The van der Waals surface area contributed by atoms with Gasteiger partial charge in [-0.2, -0.15) is 0 Å². The van der Waals surface area contributed by atoms with Gasteiger partial charge in [-0.15, -0.1) is 0 Å². The van der Waals surface area contributed by atoms with Crippen LogP contribution in [0.5, 0.6) is 11.5 Å². The highest BCUT2D eigenvalue weighted by atomic mass is 16.7. The molecule has 1 atom stereocenters. The summed E-state index contributed by atoms with van der Waals surface area (Å²) in [7, 11) is 1.58. The zero-order valence-corrected chi connectivity index (χ0v) is 16.0. The average Bonchev–Trinajstić information content (AvgIpc) is 3.31. The number of Topliss-reactive ketones (excluding diaryl/α,β-unsaturated/α-hetero) is 1. The molecule has 2 aromatic rings. The van der Waals surface area contributed by atoms with Crippen molar-refractivity contribution >= 4 is 17.4 Å². The quantitative estimate of drug-likeness (QED) is 0.350. The first-order valence-electron chi connectivity index (χ1n) is 9.34. The van der Waals surface area contributed by atoms with Gasteiger partial charge in [0.15, 0.2) is 11.5 Å². The molecular formula is C22H21NO6. The van der Waals surface area contributed by atoms with E-state index in [1.165, 1.54) is 4.90 Å². The number of amides is 1. The first kappa shape index (κ1) is 19.0.